The van der Waals surface area contributed by atoms with Crippen molar-refractivity contribution in [3.05, 3.63) is 59.5 Å². The highest BCUT2D eigenvalue weighted by Crippen LogP contribution is 2.29. The zero-order valence-corrected chi connectivity index (χ0v) is 20.5. The van der Waals surface area contributed by atoms with E-state index in [9.17, 15) is 0 Å². The molecule has 1 aliphatic heterocycles. The molecule has 0 atom stereocenters. The van der Waals surface area contributed by atoms with Crippen molar-refractivity contribution in [2.75, 3.05) is 25.6 Å². The van der Waals surface area contributed by atoms with E-state index in [-0.39, 0.29) is 0 Å². The van der Waals surface area contributed by atoms with Crippen LogP contribution < -0.4 is 9.64 Å². The Morgan fingerprint density at radius 1 is 1.14 bits per heavy atom. The summed E-state index contributed by atoms with van der Waals surface area (Å²) in [7, 11) is 3.86. The molecule has 4 aromatic rings. The third-order valence-corrected chi connectivity index (χ3v) is 7.50. The number of hydrogen-bond acceptors (Lipinski definition) is 7. The molecule has 8 heteroatoms. The normalized spacial score (nSPS) is 17.0. The molecule has 182 valence electrons. The van der Waals surface area contributed by atoms with Gasteiger partial charge < -0.3 is 14.1 Å². The van der Waals surface area contributed by atoms with Crippen LogP contribution in [0.3, 0.4) is 0 Å². The van der Waals surface area contributed by atoms with E-state index in [4.69, 9.17) is 24.2 Å². The van der Waals surface area contributed by atoms with Gasteiger partial charge in [-0.25, -0.2) is 9.97 Å². The summed E-state index contributed by atoms with van der Waals surface area (Å²) in [5.74, 6) is 3.01. The van der Waals surface area contributed by atoms with E-state index in [2.05, 4.69) is 35.0 Å². The number of aromatic nitrogens is 4. The second-order valence-corrected chi connectivity index (χ2v) is 9.73. The molecule has 1 aliphatic carbocycles. The Labute approximate surface area is 205 Å². The number of benzene rings is 1. The number of ether oxygens (including phenoxy) is 1. The molecule has 0 radical (unpaired) electrons. The van der Waals surface area contributed by atoms with Crippen molar-refractivity contribution in [1.82, 2.24) is 24.5 Å². The lowest BCUT2D eigenvalue weighted by Crippen LogP contribution is -2.35. The van der Waals surface area contributed by atoms with Crippen LogP contribution in [0.15, 0.2) is 47.2 Å². The van der Waals surface area contributed by atoms with Crippen molar-refractivity contribution in [3.63, 3.8) is 0 Å². The quantitative estimate of drug-likeness (QED) is 0.402. The van der Waals surface area contributed by atoms with Crippen molar-refractivity contribution >= 4 is 11.6 Å². The number of hydrogen-bond donors (Lipinski definition) is 0. The van der Waals surface area contributed by atoms with Gasteiger partial charge in [0.15, 0.2) is 11.4 Å². The van der Waals surface area contributed by atoms with Crippen molar-refractivity contribution in [2.24, 2.45) is 0 Å². The van der Waals surface area contributed by atoms with Crippen LogP contribution in [0.25, 0.3) is 17.2 Å². The van der Waals surface area contributed by atoms with Gasteiger partial charge in [0, 0.05) is 44.5 Å². The summed E-state index contributed by atoms with van der Waals surface area (Å²) in [5.41, 5.74) is 4.64. The first-order valence-corrected chi connectivity index (χ1v) is 12.6. The number of nitrogens with zero attached hydrogens (tertiary/aromatic N) is 6. The monoisotopic (exact) mass is 472 g/mol. The van der Waals surface area contributed by atoms with Gasteiger partial charge in [-0.3, -0.25) is 4.90 Å². The molecule has 0 unspecified atom stereocenters. The summed E-state index contributed by atoms with van der Waals surface area (Å²) in [6.45, 7) is 2.63. The topological polar surface area (TPSA) is 71.9 Å². The van der Waals surface area contributed by atoms with Gasteiger partial charge in [0.25, 0.3) is 0 Å². The number of methoxy groups -OCH3 is 1. The van der Waals surface area contributed by atoms with Crippen LogP contribution in [0, 0.1) is 0 Å². The van der Waals surface area contributed by atoms with Gasteiger partial charge in [-0.15, -0.1) is 5.10 Å². The number of rotatable bonds is 6. The average molecular weight is 473 g/mol. The molecule has 1 fully saturated rings. The van der Waals surface area contributed by atoms with Crippen LogP contribution in [-0.4, -0.2) is 51.2 Å². The molecule has 1 saturated carbocycles. The summed E-state index contributed by atoms with van der Waals surface area (Å²) in [5, 5.41) is 4.86. The smallest absolute Gasteiger partial charge is 0.228 e. The average Bonchev–Trinajstić information content (AvgIpc) is 3.59. The van der Waals surface area contributed by atoms with Gasteiger partial charge in [-0.1, -0.05) is 25.3 Å². The third kappa shape index (κ3) is 4.27. The van der Waals surface area contributed by atoms with Crippen LogP contribution >= 0.6 is 0 Å². The number of furan rings is 1. The highest BCUT2D eigenvalue weighted by molar-refractivity contribution is 5.58. The fraction of sp³-hybridized carbons (Fsp3) is 0.444. The summed E-state index contributed by atoms with van der Waals surface area (Å²) >= 11 is 0. The van der Waals surface area contributed by atoms with Gasteiger partial charge in [-0.05, 0) is 54.7 Å². The first kappa shape index (κ1) is 22.1. The van der Waals surface area contributed by atoms with E-state index >= 15 is 0 Å². The fourth-order valence-corrected chi connectivity index (χ4v) is 5.50. The summed E-state index contributed by atoms with van der Waals surface area (Å²) in [4.78, 5) is 14.6. The van der Waals surface area contributed by atoms with E-state index in [0.717, 1.165) is 49.0 Å². The first-order chi connectivity index (χ1) is 17.2. The van der Waals surface area contributed by atoms with Crippen LogP contribution in [-0.2, 0) is 19.5 Å². The Bertz CT molecular complexity index is 1310. The summed E-state index contributed by atoms with van der Waals surface area (Å²) in [6.07, 6.45) is 10.9. The molecule has 0 bridgehead atoms. The highest BCUT2D eigenvalue weighted by atomic mass is 16.5. The molecule has 0 amide bonds. The molecule has 35 heavy (non-hydrogen) atoms. The fourth-order valence-electron chi connectivity index (χ4n) is 5.50. The Kier molecular flexibility index (Phi) is 5.90. The molecule has 0 spiro atoms. The Hall–Kier alpha value is -3.39. The van der Waals surface area contributed by atoms with Crippen molar-refractivity contribution in [1.29, 1.82) is 0 Å². The van der Waals surface area contributed by atoms with Gasteiger partial charge in [0.1, 0.15) is 5.75 Å². The number of anilines is 1. The van der Waals surface area contributed by atoms with E-state index in [0.29, 0.717) is 17.6 Å². The van der Waals surface area contributed by atoms with Gasteiger partial charge in [0.2, 0.25) is 11.8 Å². The molecule has 4 heterocycles. The molecule has 2 aliphatic rings. The zero-order valence-electron chi connectivity index (χ0n) is 20.5. The minimum Gasteiger partial charge on any atom is -0.497 e. The minimum atomic E-state index is 0.482. The Balaban J connectivity index is 1.34. The van der Waals surface area contributed by atoms with Gasteiger partial charge >= 0.3 is 0 Å². The van der Waals surface area contributed by atoms with Crippen molar-refractivity contribution in [2.45, 2.75) is 57.7 Å². The Morgan fingerprint density at radius 3 is 2.83 bits per heavy atom. The maximum absolute atomic E-state index is 5.62. The SMILES string of the molecule is COc1ccc2c(c1)CN(Cc1cnc(N(C)C3CCCCC3)n3nc(-c4ccco4)nc13)CC2. The maximum atomic E-state index is 5.62. The van der Waals surface area contributed by atoms with E-state index < -0.39 is 0 Å². The molecular weight excluding hydrogens is 440 g/mol. The molecule has 6 rings (SSSR count). The van der Waals surface area contributed by atoms with Crippen LogP contribution in [0.5, 0.6) is 5.75 Å². The zero-order chi connectivity index (χ0) is 23.8. The first-order valence-electron chi connectivity index (χ1n) is 12.6. The molecule has 0 saturated heterocycles. The van der Waals surface area contributed by atoms with E-state index in [1.54, 1.807) is 13.4 Å². The third-order valence-electron chi connectivity index (χ3n) is 7.50. The van der Waals surface area contributed by atoms with Crippen LogP contribution in [0.4, 0.5) is 5.95 Å². The molecule has 3 aromatic heterocycles. The van der Waals surface area contributed by atoms with Gasteiger partial charge in [-0.2, -0.15) is 4.52 Å². The number of fused-ring (bicyclic) bond motifs is 2. The summed E-state index contributed by atoms with van der Waals surface area (Å²) in [6, 6.07) is 10.7. The highest BCUT2D eigenvalue weighted by Gasteiger charge is 2.25. The van der Waals surface area contributed by atoms with Crippen LogP contribution in [0.2, 0.25) is 0 Å². The second-order valence-electron chi connectivity index (χ2n) is 9.73. The lowest BCUT2D eigenvalue weighted by atomic mass is 9.95. The van der Waals surface area contributed by atoms with Crippen LogP contribution in [0.1, 0.15) is 48.8 Å². The standard InChI is InChI=1S/C27H32N6O2/c1-31(22-7-4-3-5-8-22)27-28-16-21(26-29-25(30-33(26)27)24-9-6-14-35-24)18-32-13-12-19-10-11-23(34-2)15-20(19)17-32/h6,9-11,14-16,22H,3-5,7-8,12-13,17-18H2,1-2H3. The van der Waals surface area contributed by atoms with Gasteiger partial charge in [0.05, 0.1) is 13.4 Å². The van der Waals surface area contributed by atoms with E-state index in [1.165, 1.54) is 43.2 Å². The molecule has 8 nitrogen and oxygen atoms in total. The molecule has 1 aromatic carbocycles. The van der Waals surface area contributed by atoms with E-state index in [1.807, 2.05) is 22.8 Å². The second kappa shape index (κ2) is 9.34. The maximum Gasteiger partial charge on any atom is 0.228 e. The lowest BCUT2D eigenvalue weighted by Gasteiger charge is -2.32. The minimum absolute atomic E-state index is 0.482. The predicted octanol–water partition coefficient (Wildman–Crippen LogP) is 4.72. The largest absolute Gasteiger partial charge is 0.497 e. The Morgan fingerprint density at radius 2 is 2.03 bits per heavy atom. The lowest BCUT2D eigenvalue weighted by molar-refractivity contribution is 0.245. The predicted molar refractivity (Wildman–Crippen MR) is 135 cm³/mol. The summed E-state index contributed by atoms with van der Waals surface area (Å²) < 4.78 is 13.0. The van der Waals surface area contributed by atoms with Crippen molar-refractivity contribution < 1.29 is 9.15 Å². The molecule has 0 N–H and O–H groups in total. The molecular formula is C27H32N6O2. The van der Waals surface area contributed by atoms with Crippen molar-refractivity contribution in [3.8, 4) is 17.3 Å².